The summed E-state index contributed by atoms with van der Waals surface area (Å²) in [5.74, 6) is 0.473. The summed E-state index contributed by atoms with van der Waals surface area (Å²) in [6, 6.07) is 0.226. The predicted octanol–water partition coefficient (Wildman–Crippen LogP) is 2.62. The number of unbranched alkanes of at least 4 members (excludes halogenated alkanes) is 1. The van der Waals surface area contributed by atoms with E-state index in [4.69, 9.17) is 0 Å². The molecule has 0 heterocycles. The van der Waals surface area contributed by atoms with E-state index in [0.717, 1.165) is 25.8 Å². The van der Waals surface area contributed by atoms with Gasteiger partial charge in [0.2, 0.25) is 0 Å². The van der Waals surface area contributed by atoms with Gasteiger partial charge in [0.05, 0.1) is 6.04 Å². The highest BCUT2D eigenvalue weighted by Gasteiger charge is 2.23. The average molecular weight is 197 g/mol. The highest BCUT2D eigenvalue weighted by Crippen LogP contribution is 2.18. The van der Waals surface area contributed by atoms with Crippen molar-refractivity contribution in [1.29, 1.82) is 0 Å². The fraction of sp³-hybridized carbons (Fsp3) is 0.917. The van der Waals surface area contributed by atoms with Gasteiger partial charge in [0, 0.05) is 6.42 Å². The maximum atomic E-state index is 11.8. The molecule has 0 N–H and O–H groups in total. The summed E-state index contributed by atoms with van der Waals surface area (Å²) < 4.78 is 0. The summed E-state index contributed by atoms with van der Waals surface area (Å²) in [6.07, 6.45) is 7.89. The van der Waals surface area contributed by atoms with Crippen LogP contribution in [0, 0.1) is 0 Å². The number of nitrogens with zero attached hydrogens (tertiary/aromatic N) is 1. The fourth-order valence-electron chi connectivity index (χ4n) is 2.17. The molecule has 1 aliphatic rings. The van der Waals surface area contributed by atoms with Gasteiger partial charge in [0.15, 0.2) is 0 Å². The monoisotopic (exact) mass is 197 g/mol. The van der Waals surface area contributed by atoms with Crippen molar-refractivity contribution >= 4 is 5.78 Å². The zero-order valence-corrected chi connectivity index (χ0v) is 9.59. The second-order valence-corrected chi connectivity index (χ2v) is 4.42. The van der Waals surface area contributed by atoms with Crippen molar-refractivity contribution in [2.75, 3.05) is 13.6 Å². The van der Waals surface area contributed by atoms with Crippen molar-refractivity contribution in [3.05, 3.63) is 0 Å². The first kappa shape index (κ1) is 11.7. The number of rotatable bonds is 4. The summed E-state index contributed by atoms with van der Waals surface area (Å²) in [4.78, 5) is 14.0. The Labute approximate surface area is 87.7 Å². The largest absolute Gasteiger partial charge is 0.298 e. The van der Waals surface area contributed by atoms with E-state index in [1.165, 1.54) is 25.7 Å². The molecule has 1 atom stereocenters. The fourth-order valence-corrected chi connectivity index (χ4v) is 2.17. The number of carbonyl (C=O) groups is 1. The SMILES string of the molecule is CCCCN(C)C1CCCCCC1=O. The highest BCUT2D eigenvalue weighted by molar-refractivity contribution is 5.84. The van der Waals surface area contributed by atoms with Crippen molar-refractivity contribution < 1.29 is 4.79 Å². The summed E-state index contributed by atoms with van der Waals surface area (Å²) in [5.41, 5.74) is 0. The maximum absolute atomic E-state index is 11.8. The topological polar surface area (TPSA) is 20.3 Å². The molecule has 1 fully saturated rings. The van der Waals surface area contributed by atoms with Crippen molar-refractivity contribution in [3.63, 3.8) is 0 Å². The summed E-state index contributed by atoms with van der Waals surface area (Å²) in [7, 11) is 2.10. The quantitative estimate of drug-likeness (QED) is 0.646. The smallest absolute Gasteiger partial charge is 0.149 e. The minimum Gasteiger partial charge on any atom is -0.298 e. The van der Waals surface area contributed by atoms with E-state index < -0.39 is 0 Å². The van der Waals surface area contributed by atoms with Gasteiger partial charge in [-0.15, -0.1) is 0 Å². The second kappa shape index (κ2) is 6.18. The first-order chi connectivity index (χ1) is 6.75. The molecule has 0 spiro atoms. The van der Waals surface area contributed by atoms with E-state index in [-0.39, 0.29) is 6.04 Å². The van der Waals surface area contributed by atoms with Crippen LogP contribution in [-0.2, 0) is 4.79 Å². The molecular weight excluding hydrogens is 174 g/mol. The molecule has 0 radical (unpaired) electrons. The summed E-state index contributed by atoms with van der Waals surface area (Å²) in [6.45, 7) is 3.27. The Morgan fingerprint density at radius 2 is 2.14 bits per heavy atom. The Balaban J connectivity index is 2.41. The van der Waals surface area contributed by atoms with Crippen LogP contribution in [0.25, 0.3) is 0 Å². The molecule has 0 bridgehead atoms. The number of ketones is 1. The molecule has 2 heteroatoms. The van der Waals surface area contributed by atoms with Gasteiger partial charge >= 0.3 is 0 Å². The first-order valence-corrected chi connectivity index (χ1v) is 5.98. The molecule has 82 valence electrons. The highest BCUT2D eigenvalue weighted by atomic mass is 16.1. The Hall–Kier alpha value is -0.370. The van der Waals surface area contributed by atoms with Crippen LogP contribution in [0.5, 0.6) is 0 Å². The Kier molecular flexibility index (Phi) is 5.16. The third-order valence-corrected chi connectivity index (χ3v) is 3.17. The van der Waals surface area contributed by atoms with Gasteiger partial charge in [0.25, 0.3) is 0 Å². The van der Waals surface area contributed by atoms with Crippen LogP contribution >= 0.6 is 0 Å². The number of likely N-dealkylation sites (N-methyl/N-ethyl adjacent to an activating group) is 1. The van der Waals surface area contributed by atoms with Crippen LogP contribution in [0.15, 0.2) is 0 Å². The molecule has 0 amide bonds. The first-order valence-electron chi connectivity index (χ1n) is 5.98. The third-order valence-electron chi connectivity index (χ3n) is 3.17. The molecule has 0 aliphatic heterocycles. The molecule has 0 saturated heterocycles. The van der Waals surface area contributed by atoms with E-state index in [9.17, 15) is 4.79 Å². The molecule has 0 aromatic carbocycles. The molecule has 1 aliphatic carbocycles. The van der Waals surface area contributed by atoms with E-state index >= 15 is 0 Å². The lowest BCUT2D eigenvalue weighted by Crippen LogP contribution is -2.38. The van der Waals surface area contributed by atoms with Crippen LogP contribution in [0.1, 0.15) is 51.9 Å². The molecule has 1 rings (SSSR count). The van der Waals surface area contributed by atoms with Crippen molar-refractivity contribution in [2.24, 2.45) is 0 Å². The zero-order valence-electron chi connectivity index (χ0n) is 9.59. The maximum Gasteiger partial charge on any atom is 0.149 e. The lowest BCUT2D eigenvalue weighted by Gasteiger charge is -2.25. The molecule has 14 heavy (non-hydrogen) atoms. The number of carbonyl (C=O) groups excluding carboxylic acids is 1. The molecule has 1 saturated carbocycles. The Morgan fingerprint density at radius 3 is 2.86 bits per heavy atom. The van der Waals surface area contributed by atoms with Crippen LogP contribution in [0.3, 0.4) is 0 Å². The predicted molar refractivity (Wildman–Crippen MR) is 59.4 cm³/mol. The van der Waals surface area contributed by atoms with Crippen molar-refractivity contribution in [3.8, 4) is 0 Å². The van der Waals surface area contributed by atoms with Crippen LogP contribution in [-0.4, -0.2) is 30.3 Å². The lowest BCUT2D eigenvalue weighted by molar-refractivity contribution is -0.123. The number of hydrogen-bond acceptors (Lipinski definition) is 2. The van der Waals surface area contributed by atoms with E-state index in [2.05, 4.69) is 18.9 Å². The van der Waals surface area contributed by atoms with E-state index in [0.29, 0.717) is 5.78 Å². The van der Waals surface area contributed by atoms with E-state index in [1.54, 1.807) is 0 Å². The minimum atomic E-state index is 0.226. The summed E-state index contributed by atoms with van der Waals surface area (Å²) in [5, 5.41) is 0. The van der Waals surface area contributed by atoms with Gasteiger partial charge in [-0.2, -0.15) is 0 Å². The molecule has 0 aromatic rings. The average Bonchev–Trinajstić information content (AvgIpc) is 2.39. The molecular formula is C12H23NO. The van der Waals surface area contributed by atoms with Gasteiger partial charge in [-0.1, -0.05) is 26.2 Å². The van der Waals surface area contributed by atoms with Gasteiger partial charge in [-0.05, 0) is 32.9 Å². The lowest BCUT2D eigenvalue weighted by atomic mass is 10.1. The zero-order chi connectivity index (χ0) is 10.4. The van der Waals surface area contributed by atoms with Crippen LogP contribution in [0.2, 0.25) is 0 Å². The molecule has 0 aromatic heterocycles. The van der Waals surface area contributed by atoms with E-state index in [1.807, 2.05) is 0 Å². The molecule has 2 nitrogen and oxygen atoms in total. The minimum absolute atomic E-state index is 0.226. The second-order valence-electron chi connectivity index (χ2n) is 4.42. The van der Waals surface area contributed by atoms with Crippen LogP contribution < -0.4 is 0 Å². The van der Waals surface area contributed by atoms with Gasteiger partial charge in [-0.3, -0.25) is 9.69 Å². The summed E-state index contributed by atoms with van der Waals surface area (Å²) >= 11 is 0. The Bertz CT molecular complexity index is 179. The van der Waals surface area contributed by atoms with Gasteiger partial charge in [0.1, 0.15) is 5.78 Å². The standard InChI is InChI=1S/C12H23NO/c1-3-4-10-13(2)11-8-6-5-7-9-12(11)14/h11H,3-10H2,1-2H3. The molecule has 1 unspecified atom stereocenters. The normalized spacial score (nSPS) is 23.9. The third kappa shape index (κ3) is 3.41. The van der Waals surface area contributed by atoms with Crippen molar-refractivity contribution in [2.45, 2.75) is 57.9 Å². The number of hydrogen-bond donors (Lipinski definition) is 0. The van der Waals surface area contributed by atoms with Crippen molar-refractivity contribution in [1.82, 2.24) is 4.90 Å². The van der Waals surface area contributed by atoms with Crippen LogP contribution in [0.4, 0.5) is 0 Å². The van der Waals surface area contributed by atoms with Gasteiger partial charge in [-0.25, -0.2) is 0 Å². The number of Topliss-reactive ketones (excluding diaryl/α,β-unsaturated/α-hetero) is 1. The Morgan fingerprint density at radius 1 is 1.36 bits per heavy atom. The van der Waals surface area contributed by atoms with Gasteiger partial charge < -0.3 is 0 Å².